The summed E-state index contributed by atoms with van der Waals surface area (Å²) in [6, 6.07) is 3.12. The van der Waals surface area contributed by atoms with Crippen LogP contribution in [0.1, 0.15) is 35.1 Å². The van der Waals surface area contributed by atoms with Crippen LogP contribution in [-0.4, -0.2) is 46.2 Å². The van der Waals surface area contributed by atoms with Gasteiger partial charge in [0.2, 0.25) is 5.28 Å². The molecule has 1 aliphatic rings. The van der Waals surface area contributed by atoms with E-state index < -0.39 is 24.5 Å². The molecule has 0 radical (unpaired) electrons. The quantitative estimate of drug-likeness (QED) is 0.196. The van der Waals surface area contributed by atoms with E-state index in [0.717, 1.165) is 6.42 Å². The average Bonchev–Trinajstić information content (AvgIpc) is 3.43. The van der Waals surface area contributed by atoms with E-state index in [4.69, 9.17) is 26.5 Å². The van der Waals surface area contributed by atoms with Crippen molar-refractivity contribution in [2.45, 2.75) is 44.0 Å². The van der Waals surface area contributed by atoms with Crippen LogP contribution in [0.5, 0.6) is 0 Å². The van der Waals surface area contributed by atoms with Gasteiger partial charge in [0.05, 0.1) is 27.9 Å². The van der Waals surface area contributed by atoms with Crippen molar-refractivity contribution in [2.75, 3.05) is 11.9 Å². The van der Waals surface area contributed by atoms with Gasteiger partial charge in [0, 0.05) is 12.6 Å². The van der Waals surface area contributed by atoms with Crippen molar-refractivity contribution in [3.05, 3.63) is 39.9 Å². The molecule has 1 fully saturated rings. The molecule has 186 valence electrons. The topological polar surface area (TPSA) is 133 Å². The molecule has 1 aliphatic heterocycles. The Labute approximate surface area is 205 Å². The number of ether oxygens (including phenoxy) is 2. The summed E-state index contributed by atoms with van der Waals surface area (Å²) in [5.41, 5.74) is 6.76. The third-order valence-corrected chi connectivity index (χ3v) is 6.36. The third kappa shape index (κ3) is 5.85. The number of aliphatic hydroxyl groups excluding tert-OH is 1. The highest BCUT2D eigenvalue weighted by molar-refractivity contribution is 7.20. The Hall–Kier alpha value is -2.89. The summed E-state index contributed by atoms with van der Waals surface area (Å²) in [6.07, 6.45) is -5.23. The van der Waals surface area contributed by atoms with Crippen molar-refractivity contribution in [1.82, 2.24) is 9.97 Å². The number of nitrogens with one attached hydrogen (secondary N) is 1. The lowest BCUT2D eigenvalue weighted by atomic mass is 10.00. The first-order valence-electron chi connectivity index (χ1n) is 10.2. The number of rotatable bonds is 5. The maximum atomic E-state index is 12.4. The number of aromatic nitrogens is 2. The number of thiophene rings is 1. The van der Waals surface area contributed by atoms with Crippen molar-refractivity contribution in [2.24, 2.45) is 5.73 Å². The van der Waals surface area contributed by atoms with Crippen LogP contribution in [0.15, 0.2) is 22.8 Å². The van der Waals surface area contributed by atoms with Gasteiger partial charge in [0.15, 0.2) is 0 Å². The standard InChI is InChI=1S/C21H18ClF3N4O5S/c22-20-28-14-11(5-6-13(30)34-19(31)21(23,24)25)16(15-12(26)4-2-8-33-15)35-17(14)18(29-20)27-9-10-3-1-7-32-10/h1,3,7,12-13,15,30H,2,4,8-9,26H2,(H,27,28,29)/t12-,13?,15-/m0/s1. The first-order chi connectivity index (χ1) is 16.6. The number of fused-ring (bicyclic) bond motifs is 1. The molecule has 1 saturated heterocycles. The molecule has 14 heteroatoms. The minimum absolute atomic E-state index is 0.121. The van der Waals surface area contributed by atoms with Gasteiger partial charge in [-0.05, 0) is 42.5 Å². The van der Waals surface area contributed by atoms with Crippen LogP contribution in [0, 0.1) is 11.8 Å². The van der Waals surface area contributed by atoms with Crippen LogP contribution in [0.25, 0.3) is 10.2 Å². The molecule has 1 unspecified atom stereocenters. The van der Waals surface area contributed by atoms with Gasteiger partial charge >= 0.3 is 12.1 Å². The third-order valence-electron chi connectivity index (χ3n) is 4.94. The predicted molar refractivity (Wildman–Crippen MR) is 119 cm³/mol. The number of aliphatic hydroxyl groups is 1. The zero-order chi connectivity index (χ0) is 25.2. The zero-order valence-electron chi connectivity index (χ0n) is 17.8. The Kier molecular flexibility index (Phi) is 7.48. The van der Waals surface area contributed by atoms with E-state index in [1.165, 1.54) is 17.6 Å². The molecule has 0 saturated carbocycles. The number of hydrogen-bond acceptors (Lipinski definition) is 10. The zero-order valence-corrected chi connectivity index (χ0v) is 19.3. The molecule has 4 N–H and O–H groups in total. The van der Waals surface area contributed by atoms with E-state index >= 15 is 0 Å². The number of nitrogens with two attached hydrogens (primary N) is 1. The Balaban J connectivity index is 1.75. The summed E-state index contributed by atoms with van der Waals surface area (Å²) >= 11 is 7.36. The second-order valence-electron chi connectivity index (χ2n) is 7.42. The van der Waals surface area contributed by atoms with Crippen LogP contribution in [0.4, 0.5) is 19.0 Å². The molecule has 0 aliphatic carbocycles. The van der Waals surface area contributed by atoms with Gasteiger partial charge in [0.1, 0.15) is 23.2 Å². The number of nitrogens with zero attached hydrogens (tertiary/aromatic N) is 2. The molecule has 9 nitrogen and oxygen atoms in total. The minimum atomic E-state index is -5.28. The summed E-state index contributed by atoms with van der Waals surface area (Å²) in [7, 11) is 0. The Morgan fingerprint density at radius 2 is 2.26 bits per heavy atom. The van der Waals surface area contributed by atoms with E-state index in [0.29, 0.717) is 34.2 Å². The van der Waals surface area contributed by atoms with Gasteiger partial charge in [-0.1, -0.05) is 5.92 Å². The number of carbonyl (C=O) groups excluding carboxylic acids is 1. The molecular weight excluding hydrogens is 513 g/mol. The highest BCUT2D eigenvalue weighted by Gasteiger charge is 2.42. The monoisotopic (exact) mass is 530 g/mol. The van der Waals surface area contributed by atoms with Crippen LogP contribution in [0.3, 0.4) is 0 Å². The second-order valence-corrected chi connectivity index (χ2v) is 8.81. The van der Waals surface area contributed by atoms with Gasteiger partial charge in [-0.3, -0.25) is 0 Å². The van der Waals surface area contributed by atoms with Gasteiger partial charge in [-0.25, -0.2) is 9.78 Å². The molecule has 4 rings (SSSR count). The maximum absolute atomic E-state index is 12.4. The number of halogens is 4. The SMILES string of the molecule is N[C@H]1CCCO[C@@H]1c1sc2c(NCc3ccco3)nc(Cl)nc2c1C#CC(O)OC(=O)C(F)(F)F. The first kappa shape index (κ1) is 25.2. The minimum Gasteiger partial charge on any atom is -0.467 e. The van der Waals surface area contributed by atoms with Crippen LogP contribution in [-0.2, 0) is 20.8 Å². The number of esters is 1. The number of anilines is 1. The smallest absolute Gasteiger partial charge is 0.467 e. The van der Waals surface area contributed by atoms with Gasteiger partial charge in [-0.2, -0.15) is 18.2 Å². The fourth-order valence-electron chi connectivity index (χ4n) is 3.40. The van der Waals surface area contributed by atoms with Crippen LogP contribution in [0.2, 0.25) is 5.28 Å². The fraction of sp³-hybridized carbons (Fsp3) is 0.381. The van der Waals surface area contributed by atoms with Gasteiger partial charge < -0.3 is 30.0 Å². The predicted octanol–water partition coefficient (Wildman–Crippen LogP) is 3.50. The number of alkyl halides is 3. The molecule has 4 heterocycles. The molecule has 35 heavy (non-hydrogen) atoms. The normalized spacial score (nSPS) is 19.1. The molecular formula is C21H18ClF3N4O5S. The molecule has 3 atom stereocenters. The summed E-state index contributed by atoms with van der Waals surface area (Å²) in [4.78, 5) is 20.0. The van der Waals surface area contributed by atoms with E-state index in [1.54, 1.807) is 12.1 Å². The summed E-state index contributed by atoms with van der Waals surface area (Å²) in [6.45, 7) is 0.733. The van der Waals surface area contributed by atoms with E-state index in [9.17, 15) is 23.1 Å². The molecule has 0 amide bonds. The van der Waals surface area contributed by atoms with E-state index in [2.05, 4.69) is 31.9 Å². The van der Waals surface area contributed by atoms with Gasteiger partial charge in [-0.15, -0.1) is 11.3 Å². The lowest BCUT2D eigenvalue weighted by molar-refractivity contribution is -0.213. The summed E-state index contributed by atoms with van der Waals surface area (Å²) in [5, 5.41) is 12.7. The highest BCUT2D eigenvalue weighted by Crippen LogP contribution is 2.41. The molecule has 0 aromatic carbocycles. The number of hydrogen-bond donors (Lipinski definition) is 3. The molecule has 3 aromatic rings. The molecule has 0 spiro atoms. The summed E-state index contributed by atoms with van der Waals surface area (Å²) < 4.78 is 53.0. The Morgan fingerprint density at radius 3 is 2.94 bits per heavy atom. The molecule has 0 bridgehead atoms. The average molecular weight is 531 g/mol. The number of furan rings is 1. The van der Waals surface area contributed by atoms with Crippen LogP contribution < -0.4 is 11.1 Å². The molecule has 3 aromatic heterocycles. The van der Waals surface area contributed by atoms with Crippen molar-refractivity contribution >= 4 is 44.9 Å². The largest absolute Gasteiger partial charge is 0.491 e. The second kappa shape index (κ2) is 10.4. The number of carbonyl (C=O) groups is 1. The van der Waals surface area contributed by atoms with E-state index in [1.807, 2.05) is 0 Å². The van der Waals surface area contributed by atoms with E-state index in [-0.39, 0.29) is 29.0 Å². The maximum Gasteiger partial charge on any atom is 0.491 e. The first-order valence-corrected chi connectivity index (χ1v) is 11.4. The van der Waals surface area contributed by atoms with Gasteiger partial charge in [0.25, 0.3) is 6.29 Å². The van der Waals surface area contributed by atoms with Crippen molar-refractivity contribution in [1.29, 1.82) is 0 Å². The lowest BCUT2D eigenvalue weighted by Gasteiger charge is -2.28. The van der Waals surface area contributed by atoms with Crippen molar-refractivity contribution < 1.29 is 37.0 Å². The Bertz CT molecular complexity index is 1270. The van der Waals surface area contributed by atoms with Crippen molar-refractivity contribution in [3.8, 4) is 11.8 Å². The van der Waals surface area contributed by atoms with Crippen molar-refractivity contribution in [3.63, 3.8) is 0 Å². The van der Waals surface area contributed by atoms with Crippen LogP contribution >= 0.6 is 22.9 Å². The fourth-order valence-corrected chi connectivity index (χ4v) is 4.85. The highest BCUT2D eigenvalue weighted by atomic mass is 35.5. The summed E-state index contributed by atoms with van der Waals surface area (Å²) in [5.74, 6) is 3.11. The Morgan fingerprint density at radius 1 is 1.46 bits per heavy atom. The lowest BCUT2D eigenvalue weighted by Crippen LogP contribution is -2.34.